The van der Waals surface area contributed by atoms with Gasteiger partial charge in [0, 0.05) is 43.7 Å². The molecular weight excluding hydrogens is 653 g/mol. The van der Waals surface area contributed by atoms with Crippen molar-refractivity contribution in [2.24, 2.45) is 0 Å². The fraction of sp³-hybridized carbons (Fsp3) is 0. The van der Waals surface area contributed by atoms with Crippen LogP contribution in [0.2, 0.25) is 0 Å². The number of hydrogen-bond acceptors (Lipinski definition) is 2. The van der Waals surface area contributed by atoms with Crippen LogP contribution in [-0.4, -0.2) is 0 Å². The second-order valence-electron chi connectivity index (χ2n) is 14.0. The highest BCUT2D eigenvalue weighted by Crippen LogP contribution is 2.54. The molecule has 4 N–H and O–H groups in total. The summed E-state index contributed by atoms with van der Waals surface area (Å²) in [6, 6.07) is 69.2. The van der Waals surface area contributed by atoms with Crippen molar-refractivity contribution in [2.75, 3.05) is 11.5 Å². The van der Waals surface area contributed by atoms with Gasteiger partial charge in [-0.15, -0.1) is 0 Å². The maximum absolute atomic E-state index is 7.29. The zero-order valence-electron chi connectivity index (χ0n) is 29.6. The maximum atomic E-state index is 7.29. The lowest BCUT2D eigenvalue weighted by Gasteiger charge is -2.25. The summed E-state index contributed by atoms with van der Waals surface area (Å²) in [5.74, 6) is 0. The van der Waals surface area contributed by atoms with E-state index in [2.05, 4.69) is 194 Å². The standard InChI is InChI=1S/C52H36N2/c53-51-41-27-15-13-25-39(41)47(49-43(51)31-29-37(33-17-5-1-6-18-33)45(49)35-21-9-3-10-22-35)48-40-26-14-16-28-42(40)52(54)44-32-30-38(34-19-7-2-8-20-34)46(50(44)48)36-23-11-4-12-24-36/h1-32H,53-54H2. The number of nitrogens with two attached hydrogens (primary N) is 2. The van der Waals surface area contributed by atoms with Crippen molar-refractivity contribution in [3.8, 4) is 55.6 Å². The summed E-state index contributed by atoms with van der Waals surface area (Å²) < 4.78 is 0. The molecule has 0 radical (unpaired) electrons. The molecule has 0 atom stereocenters. The maximum Gasteiger partial charge on any atom is 0.0474 e. The van der Waals surface area contributed by atoms with Gasteiger partial charge in [-0.05, 0) is 66.4 Å². The van der Waals surface area contributed by atoms with Gasteiger partial charge in [-0.3, -0.25) is 0 Å². The van der Waals surface area contributed by atoms with Crippen molar-refractivity contribution < 1.29 is 0 Å². The zero-order valence-corrected chi connectivity index (χ0v) is 29.6. The van der Waals surface area contributed by atoms with Gasteiger partial charge < -0.3 is 11.5 Å². The van der Waals surface area contributed by atoms with E-state index in [0.29, 0.717) is 0 Å². The highest BCUT2D eigenvalue weighted by atomic mass is 14.6. The Balaban J connectivity index is 1.53. The summed E-state index contributed by atoms with van der Waals surface area (Å²) in [5, 5.41) is 8.56. The Morgan fingerprint density at radius 2 is 0.519 bits per heavy atom. The van der Waals surface area contributed by atoms with E-state index in [0.717, 1.165) is 110 Å². The number of nitrogen functional groups attached to an aromatic ring is 2. The van der Waals surface area contributed by atoms with Crippen LogP contribution in [-0.2, 0) is 0 Å². The predicted molar refractivity (Wildman–Crippen MR) is 232 cm³/mol. The van der Waals surface area contributed by atoms with Gasteiger partial charge in [0.05, 0.1) is 0 Å². The molecule has 0 aliphatic heterocycles. The molecule has 0 amide bonds. The Bertz CT molecular complexity index is 2810. The topological polar surface area (TPSA) is 52.0 Å². The smallest absolute Gasteiger partial charge is 0.0474 e. The lowest BCUT2D eigenvalue weighted by molar-refractivity contribution is 1.60. The van der Waals surface area contributed by atoms with E-state index in [4.69, 9.17) is 11.5 Å². The fourth-order valence-electron chi connectivity index (χ4n) is 8.65. The van der Waals surface area contributed by atoms with Gasteiger partial charge in [-0.25, -0.2) is 0 Å². The van der Waals surface area contributed by atoms with Crippen molar-refractivity contribution in [3.05, 3.63) is 194 Å². The SMILES string of the molecule is Nc1c2ccccc2c(-c2c3ccccc3c(N)c3ccc(-c4ccccc4)c(-c4ccccc4)c23)c2c(-c3ccccc3)c(-c3ccccc3)ccc12. The Morgan fingerprint density at radius 3 is 0.870 bits per heavy atom. The molecule has 0 aliphatic carbocycles. The fourth-order valence-corrected chi connectivity index (χ4v) is 8.65. The monoisotopic (exact) mass is 688 g/mol. The van der Waals surface area contributed by atoms with E-state index >= 15 is 0 Å². The van der Waals surface area contributed by atoms with E-state index < -0.39 is 0 Å². The molecule has 0 heterocycles. The number of fused-ring (bicyclic) bond motifs is 4. The molecule has 2 nitrogen and oxygen atoms in total. The third kappa shape index (κ3) is 4.88. The van der Waals surface area contributed by atoms with E-state index in [-0.39, 0.29) is 0 Å². The Hall–Kier alpha value is -7.16. The summed E-state index contributed by atoms with van der Waals surface area (Å²) in [4.78, 5) is 0. The number of rotatable bonds is 5. The van der Waals surface area contributed by atoms with Crippen molar-refractivity contribution in [1.29, 1.82) is 0 Å². The molecule has 254 valence electrons. The lowest BCUT2D eigenvalue weighted by Crippen LogP contribution is -2.00. The van der Waals surface area contributed by atoms with Gasteiger partial charge in [0.1, 0.15) is 0 Å². The van der Waals surface area contributed by atoms with Crippen molar-refractivity contribution in [2.45, 2.75) is 0 Å². The van der Waals surface area contributed by atoms with Crippen LogP contribution in [0.1, 0.15) is 0 Å². The van der Waals surface area contributed by atoms with Crippen LogP contribution in [0.4, 0.5) is 11.4 Å². The molecule has 10 rings (SSSR count). The van der Waals surface area contributed by atoms with Gasteiger partial charge >= 0.3 is 0 Å². The minimum Gasteiger partial charge on any atom is -0.398 e. The van der Waals surface area contributed by atoms with Crippen LogP contribution in [0.15, 0.2) is 194 Å². The first-order chi connectivity index (χ1) is 26.7. The van der Waals surface area contributed by atoms with Crippen molar-refractivity contribution in [3.63, 3.8) is 0 Å². The number of benzene rings is 10. The second-order valence-corrected chi connectivity index (χ2v) is 14.0. The van der Waals surface area contributed by atoms with E-state index in [1.165, 1.54) is 0 Å². The minimum atomic E-state index is 0.776. The van der Waals surface area contributed by atoms with Gasteiger partial charge in [0.15, 0.2) is 0 Å². The molecular formula is C52H36N2. The first kappa shape index (κ1) is 31.6. The molecule has 0 spiro atoms. The molecule has 2 heteroatoms. The molecule has 0 unspecified atom stereocenters. The van der Waals surface area contributed by atoms with Crippen LogP contribution in [0, 0.1) is 0 Å². The van der Waals surface area contributed by atoms with Crippen LogP contribution in [0.5, 0.6) is 0 Å². The molecule has 0 fully saturated rings. The third-order valence-electron chi connectivity index (χ3n) is 11.0. The Kier molecular flexibility index (Phi) is 7.49. The highest BCUT2D eigenvalue weighted by molar-refractivity contribution is 6.33. The van der Waals surface area contributed by atoms with Crippen molar-refractivity contribution in [1.82, 2.24) is 0 Å². The minimum absolute atomic E-state index is 0.776. The summed E-state index contributed by atoms with van der Waals surface area (Å²) in [5.41, 5.74) is 27.6. The van der Waals surface area contributed by atoms with E-state index in [9.17, 15) is 0 Å². The molecule has 0 saturated carbocycles. The molecule has 0 bridgehead atoms. The molecule has 0 aliphatic rings. The summed E-state index contributed by atoms with van der Waals surface area (Å²) in [7, 11) is 0. The van der Waals surface area contributed by atoms with Crippen LogP contribution < -0.4 is 11.5 Å². The average molecular weight is 689 g/mol. The van der Waals surface area contributed by atoms with E-state index in [1.54, 1.807) is 0 Å². The summed E-state index contributed by atoms with van der Waals surface area (Å²) in [6.45, 7) is 0. The van der Waals surface area contributed by atoms with Gasteiger partial charge in [-0.2, -0.15) is 0 Å². The van der Waals surface area contributed by atoms with Crippen LogP contribution >= 0.6 is 0 Å². The third-order valence-corrected chi connectivity index (χ3v) is 11.0. The molecule has 10 aromatic rings. The van der Waals surface area contributed by atoms with Gasteiger partial charge in [0.2, 0.25) is 0 Å². The first-order valence-corrected chi connectivity index (χ1v) is 18.4. The predicted octanol–water partition coefficient (Wildman–Crippen LogP) is 13.8. The number of hydrogen-bond donors (Lipinski definition) is 2. The zero-order chi connectivity index (χ0) is 36.2. The molecule has 0 aromatic heterocycles. The average Bonchev–Trinajstić information content (AvgIpc) is 3.25. The first-order valence-electron chi connectivity index (χ1n) is 18.4. The van der Waals surface area contributed by atoms with E-state index in [1.807, 2.05) is 0 Å². The quantitative estimate of drug-likeness (QED) is 0.140. The van der Waals surface area contributed by atoms with Gasteiger partial charge in [-0.1, -0.05) is 194 Å². The molecule has 10 aromatic carbocycles. The summed E-state index contributed by atoms with van der Waals surface area (Å²) >= 11 is 0. The Labute approximate surface area is 314 Å². The van der Waals surface area contributed by atoms with Crippen molar-refractivity contribution >= 4 is 54.5 Å². The second kappa shape index (κ2) is 12.8. The highest BCUT2D eigenvalue weighted by Gasteiger charge is 2.26. The lowest BCUT2D eigenvalue weighted by atomic mass is 9.78. The Morgan fingerprint density at radius 1 is 0.222 bits per heavy atom. The van der Waals surface area contributed by atoms with Crippen LogP contribution in [0.3, 0.4) is 0 Å². The normalized spacial score (nSPS) is 11.5. The molecule has 54 heavy (non-hydrogen) atoms. The van der Waals surface area contributed by atoms with Crippen LogP contribution in [0.25, 0.3) is 98.7 Å². The largest absolute Gasteiger partial charge is 0.398 e. The number of anilines is 2. The molecule has 0 saturated heterocycles. The van der Waals surface area contributed by atoms with Gasteiger partial charge in [0.25, 0.3) is 0 Å². The summed E-state index contributed by atoms with van der Waals surface area (Å²) in [6.07, 6.45) is 0.